The SMILES string of the molecule is O=P([O-])([O-])[O-].O=P([O-])([O-])[O-].O[B]O. The molecule has 0 heterocycles. The zero-order valence-corrected chi connectivity index (χ0v) is 7.42. The molecule has 0 aromatic heterocycles. The Bertz CT molecular complexity index is 137. The smallest absolute Gasteiger partial charge is 0.482 e. The van der Waals surface area contributed by atoms with Gasteiger partial charge < -0.3 is 48.5 Å². The Morgan fingerprint density at radius 2 is 0.769 bits per heavy atom. The predicted octanol–water partition coefficient (Wildman–Crippen LogP) is -7.14. The summed E-state index contributed by atoms with van der Waals surface area (Å²) in [5.74, 6) is 0. The first kappa shape index (κ1) is 18.9. The van der Waals surface area contributed by atoms with Crippen molar-refractivity contribution in [2.75, 3.05) is 0 Å². The molecule has 10 nitrogen and oxygen atoms in total. The summed E-state index contributed by atoms with van der Waals surface area (Å²) < 4.78 is 17.1. The summed E-state index contributed by atoms with van der Waals surface area (Å²) in [5.41, 5.74) is 0. The van der Waals surface area contributed by atoms with E-state index >= 15 is 0 Å². The topological polar surface area (TPSA) is 213 Å². The van der Waals surface area contributed by atoms with Crippen molar-refractivity contribution in [1.29, 1.82) is 0 Å². The number of hydrogen-bond acceptors (Lipinski definition) is 10. The number of phosphoric acid groups is 2. The molecule has 0 aliphatic carbocycles. The molecule has 0 rings (SSSR count). The minimum absolute atomic E-state index is 0. The van der Waals surface area contributed by atoms with Crippen molar-refractivity contribution < 1.29 is 48.5 Å². The maximum Gasteiger partial charge on any atom is 0.482 e. The quantitative estimate of drug-likeness (QED) is 0.298. The Labute approximate surface area is 72.9 Å². The van der Waals surface area contributed by atoms with E-state index in [1.54, 1.807) is 0 Å². The lowest BCUT2D eigenvalue weighted by Crippen LogP contribution is -2.24. The van der Waals surface area contributed by atoms with Crippen LogP contribution < -0.4 is 29.4 Å². The van der Waals surface area contributed by atoms with E-state index in [2.05, 4.69) is 0 Å². The van der Waals surface area contributed by atoms with E-state index in [4.69, 9.17) is 48.5 Å². The van der Waals surface area contributed by atoms with E-state index in [-0.39, 0.29) is 7.69 Å². The largest absolute Gasteiger partial charge is 0.822 e. The van der Waals surface area contributed by atoms with Crippen LogP contribution in [-0.4, -0.2) is 17.7 Å². The van der Waals surface area contributed by atoms with Gasteiger partial charge in [-0.3, -0.25) is 0 Å². The van der Waals surface area contributed by atoms with Gasteiger partial charge in [-0.2, -0.15) is 15.6 Å². The van der Waals surface area contributed by atoms with Crippen molar-refractivity contribution in [1.82, 2.24) is 0 Å². The van der Waals surface area contributed by atoms with Crippen LogP contribution in [0, 0.1) is 0 Å². The van der Waals surface area contributed by atoms with E-state index < -0.39 is 15.6 Å². The van der Waals surface area contributed by atoms with Gasteiger partial charge in [0.15, 0.2) is 0 Å². The van der Waals surface area contributed by atoms with Crippen LogP contribution in [0.5, 0.6) is 0 Å². The van der Waals surface area contributed by atoms with Gasteiger partial charge in [0.25, 0.3) is 0 Å². The molecule has 0 amide bonds. The van der Waals surface area contributed by atoms with Gasteiger partial charge in [0.05, 0.1) is 0 Å². The molecule has 2 N–H and O–H groups in total. The standard InChI is InChI=1S/BH2O2.2H3O4P/c2-1-3;2*1-5(2,3)4/h2-3H;2*(H3,1,2,3,4)/p-6. The van der Waals surface area contributed by atoms with E-state index in [9.17, 15) is 0 Å². The first-order chi connectivity index (χ1) is 5.41. The zero-order valence-electron chi connectivity index (χ0n) is 5.63. The molecule has 0 saturated heterocycles. The van der Waals surface area contributed by atoms with E-state index in [0.29, 0.717) is 0 Å². The van der Waals surface area contributed by atoms with E-state index in [0.717, 1.165) is 0 Å². The van der Waals surface area contributed by atoms with Gasteiger partial charge in [0.2, 0.25) is 0 Å². The summed E-state index contributed by atoms with van der Waals surface area (Å²) in [5, 5.41) is 14.0. The van der Waals surface area contributed by atoms with Crippen molar-refractivity contribution >= 4 is 23.3 Å². The van der Waals surface area contributed by atoms with Gasteiger partial charge in [0.1, 0.15) is 0 Å². The minimum atomic E-state index is -5.39. The van der Waals surface area contributed by atoms with Crippen molar-refractivity contribution in [2.24, 2.45) is 0 Å². The Hall–Kier alpha value is 0.205. The normalized spacial score (nSPS) is 10.2. The van der Waals surface area contributed by atoms with Gasteiger partial charge in [-0.05, 0) is 0 Å². The maximum absolute atomic E-state index is 8.55. The molecule has 0 atom stereocenters. The third-order valence-corrected chi connectivity index (χ3v) is 0. The van der Waals surface area contributed by atoms with Gasteiger partial charge in [-0.15, -0.1) is 0 Å². The molecule has 13 heavy (non-hydrogen) atoms. The molecule has 0 bridgehead atoms. The summed E-state index contributed by atoms with van der Waals surface area (Å²) in [6, 6.07) is 0. The molecule has 0 unspecified atom stereocenters. The van der Waals surface area contributed by atoms with Gasteiger partial charge in [0, 0.05) is 0 Å². The third kappa shape index (κ3) is 30300. The second-order valence-corrected chi connectivity index (χ2v) is 2.80. The van der Waals surface area contributed by atoms with Gasteiger partial charge in [-0.1, -0.05) is 0 Å². The molecule has 0 aliphatic rings. The molecule has 0 aromatic rings. The van der Waals surface area contributed by atoms with Gasteiger partial charge in [-0.25, -0.2) is 0 Å². The summed E-state index contributed by atoms with van der Waals surface area (Å²) in [7, 11) is -10.8. The molecule has 0 fully saturated rings. The molecule has 0 aliphatic heterocycles. The summed E-state index contributed by atoms with van der Waals surface area (Å²) in [4.78, 5) is 51.3. The molecule has 1 radical (unpaired) electrons. The Kier molecular flexibility index (Phi) is 12.8. The Balaban J connectivity index is -0.000000120. The lowest BCUT2D eigenvalue weighted by atomic mass is 10.5. The monoisotopic (exact) mass is 235 g/mol. The Morgan fingerprint density at radius 3 is 0.769 bits per heavy atom. The fraction of sp³-hybridized carbons (Fsp3) is 0. The lowest BCUT2D eigenvalue weighted by molar-refractivity contribution is -0.434. The molecule has 0 aromatic carbocycles. The van der Waals surface area contributed by atoms with Crippen molar-refractivity contribution in [3.63, 3.8) is 0 Å². The average molecular weight is 235 g/mol. The van der Waals surface area contributed by atoms with Crippen molar-refractivity contribution in [2.45, 2.75) is 0 Å². The minimum Gasteiger partial charge on any atom is -0.822 e. The predicted molar refractivity (Wildman–Crippen MR) is 25.4 cm³/mol. The van der Waals surface area contributed by atoms with Crippen LogP contribution >= 0.6 is 15.6 Å². The van der Waals surface area contributed by atoms with Gasteiger partial charge >= 0.3 is 7.69 Å². The Morgan fingerprint density at radius 1 is 0.769 bits per heavy atom. The molecule has 13 heteroatoms. The first-order valence-corrected chi connectivity index (χ1v) is 4.90. The van der Waals surface area contributed by atoms with Crippen LogP contribution in [0.1, 0.15) is 0 Å². The molecule has 0 saturated carbocycles. The molecular formula is H2BO10P2-6. The summed E-state index contributed by atoms with van der Waals surface area (Å²) >= 11 is 0. The number of rotatable bonds is 0. The molecule has 81 valence electrons. The molecule has 0 spiro atoms. The average Bonchev–Trinajstić information content (AvgIpc) is 1.52. The highest BCUT2D eigenvalue weighted by Crippen LogP contribution is 2.03. The zero-order chi connectivity index (χ0) is 11.7. The lowest BCUT2D eigenvalue weighted by Gasteiger charge is -2.36. The first-order valence-electron chi connectivity index (χ1n) is 1.98. The van der Waals surface area contributed by atoms with Crippen molar-refractivity contribution in [3.05, 3.63) is 0 Å². The van der Waals surface area contributed by atoms with Crippen LogP contribution in [0.15, 0.2) is 0 Å². The molecular weight excluding hydrogens is 233 g/mol. The fourth-order valence-corrected chi connectivity index (χ4v) is 0. The van der Waals surface area contributed by atoms with Crippen LogP contribution in [-0.2, 0) is 9.13 Å². The van der Waals surface area contributed by atoms with Crippen LogP contribution in [0.3, 0.4) is 0 Å². The van der Waals surface area contributed by atoms with E-state index in [1.165, 1.54) is 0 Å². The third-order valence-electron chi connectivity index (χ3n) is 0. The second kappa shape index (κ2) is 8.79. The highest BCUT2D eigenvalue weighted by atomic mass is 31.2. The van der Waals surface area contributed by atoms with E-state index in [1.807, 2.05) is 0 Å². The fourth-order valence-electron chi connectivity index (χ4n) is 0. The highest BCUT2D eigenvalue weighted by Gasteiger charge is 1.51. The maximum atomic E-state index is 8.55. The highest BCUT2D eigenvalue weighted by molar-refractivity contribution is 7.40. The summed E-state index contributed by atoms with van der Waals surface area (Å²) in [6.45, 7) is 0. The summed E-state index contributed by atoms with van der Waals surface area (Å²) in [6.07, 6.45) is 0. The van der Waals surface area contributed by atoms with Crippen LogP contribution in [0.25, 0.3) is 0 Å². The number of hydrogen-bond donors (Lipinski definition) is 2. The second-order valence-electron chi connectivity index (χ2n) is 1.01. The van der Waals surface area contributed by atoms with Crippen LogP contribution in [0.4, 0.5) is 0 Å². The van der Waals surface area contributed by atoms with Crippen molar-refractivity contribution in [3.8, 4) is 0 Å². The van der Waals surface area contributed by atoms with Crippen LogP contribution in [0.2, 0.25) is 0 Å².